The van der Waals surface area contributed by atoms with Crippen LogP contribution in [-0.2, 0) is 23.9 Å². The number of hydrogen-bond donors (Lipinski definition) is 2. The molecule has 0 aromatic heterocycles. The third kappa shape index (κ3) is 4.24. The van der Waals surface area contributed by atoms with Crippen molar-refractivity contribution in [2.24, 2.45) is 11.1 Å². The second-order valence-electron chi connectivity index (χ2n) is 8.68. The highest BCUT2D eigenvalue weighted by Gasteiger charge is 2.54. The summed E-state index contributed by atoms with van der Waals surface area (Å²) < 4.78 is 10.7. The molecule has 30 heavy (non-hydrogen) atoms. The van der Waals surface area contributed by atoms with Crippen molar-refractivity contribution >= 4 is 29.2 Å². The Labute approximate surface area is 176 Å². The first-order valence-corrected chi connectivity index (χ1v) is 10.0. The van der Waals surface area contributed by atoms with Gasteiger partial charge in [-0.15, -0.1) is 0 Å². The van der Waals surface area contributed by atoms with E-state index >= 15 is 0 Å². The second kappa shape index (κ2) is 8.20. The van der Waals surface area contributed by atoms with Crippen molar-refractivity contribution in [2.75, 3.05) is 30.0 Å². The van der Waals surface area contributed by atoms with Gasteiger partial charge in [0.15, 0.2) is 5.41 Å². The average Bonchev–Trinajstić information content (AvgIpc) is 3.04. The highest BCUT2D eigenvalue weighted by Crippen LogP contribution is 2.37. The first kappa shape index (κ1) is 22.0. The summed E-state index contributed by atoms with van der Waals surface area (Å²) in [7, 11) is 0. The number of rotatable bonds is 4. The lowest BCUT2D eigenvalue weighted by Gasteiger charge is -2.33. The van der Waals surface area contributed by atoms with Crippen LogP contribution in [0.2, 0.25) is 0 Å². The Morgan fingerprint density at radius 3 is 2.63 bits per heavy atom. The van der Waals surface area contributed by atoms with Crippen LogP contribution in [0.5, 0.6) is 0 Å². The van der Waals surface area contributed by atoms with Crippen molar-refractivity contribution in [3.63, 3.8) is 0 Å². The van der Waals surface area contributed by atoms with Crippen molar-refractivity contribution in [2.45, 2.75) is 45.8 Å². The van der Waals surface area contributed by atoms with Crippen LogP contribution in [0.4, 0.5) is 11.4 Å². The average molecular weight is 415 g/mol. The summed E-state index contributed by atoms with van der Waals surface area (Å²) in [5.74, 6) is -1.26. The molecule has 162 valence electrons. The first-order valence-electron chi connectivity index (χ1n) is 10.0. The van der Waals surface area contributed by atoms with Gasteiger partial charge in [-0.25, -0.2) is 0 Å². The predicted molar refractivity (Wildman–Crippen MR) is 113 cm³/mol. The second-order valence-corrected chi connectivity index (χ2v) is 8.68. The summed E-state index contributed by atoms with van der Waals surface area (Å²) in [5.41, 5.74) is 6.00. The van der Waals surface area contributed by atoms with Crippen LogP contribution in [-0.4, -0.2) is 49.2 Å². The van der Waals surface area contributed by atoms with E-state index < -0.39 is 28.9 Å². The normalized spacial score (nSPS) is 24.1. The van der Waals surface area contributed by atoms with Gasteiger partial charge < -0.3 is 25.4 Å². The molecule has 1 aromatic rings. The van der Waals surface area contributed by atoms with Gasteiger partial charge in [0.1, 0.15) is 12.2 Å². The summed E-state index contributed by atoms with van der Waals surface area (Å²) in [4.78, 5) is 39.9. The van der Waals surface area contributed by atoms with E-state index in [2.05, 4.69) is 5.32 Å². The molecule has 0 saturated carbocycles. The van der Waals surface area contributed by atoms with Crippen molar-refractivity contribution in [1.82, 2.24) is 0 Å². The number of aryl methyl sites for hydroxylation is 1. The van der Waals surface area contributed by atoms with E-state index in [1.165, 1.54) is 0 Å². The lowest BCUT2D eigenvalue weighted by molar-refractivity contribution is -0.170. The number of morpholine rings is 1. The number of anilines is 2. The van der Waals surface area contributed by atoms with E-state index in [-0.39, 0.29) is 18.9 Å². The molecular formula is C22H29N3O5. The van der Waals surface area contributed by atoms with Gasteiger partial charge in [-0.3, -0.25) is 14.4 Å². The summed E-state index contributed by atoms with van der Waals surface area (Å²) >= 11 is 0. The number of hydrogen-bond acceptors (Lipinski definition) is 6. The molecule has 8 nitrogen and oxygen atoms in total. The maximum atomic E-state index is 13.2. The third-order valence-corrected chi connectivity index (χ3v) is 5.25. The topological polar surface area (TPSA) is 111 Å². The zero-order valence-electron chi connectivity index (χ0n) is 17.9. The van der Waals surface area contributed by atoms with Gasteiger partial charge >= 0.3 is 5.97 Å². The van der Waals surface area contributed by atoms with Crippen LogP contribution < -0.4 is 16.0 Å². The van der Waals surface area contributed by atoms with Crippen LogP contribution in [0, 0.1) is 12.3 Å². The largest absolute Gasteiger partial charge is 0.459 e. The zero-order valence-corrected chi connectivity index (χ0v) is 17.9. The SMILES string of the molecule is Cc1cc(NC(=O)C2(C(=O)OC(C)(C)C)CC=CC2N)ccc1N1CCOCC1=O. The Bertz CT molecular complexity index is 889. The first-order chi connectivity index (χ1) is 14.0. The Morgan fingerprint density at radius 2 is 2.07 bits per heavy atom. The molecule has 0 radical (unpaired) electrons. The standard InChI is InChI=1S/C22H29N3O5/c1-14-12-15(7-8-16(14)25-10-11-29-13-18(25)26)24-19(27)22(9-5-6-17(22)23)20(28)30-21(2,3)4/h5-8,12,17H,9-11,13,23H2,1-4H3,(H,24,27). The Kier molecular flexibility index (Phi) is 6.01. The lowest BCUT2D eigenvalue weighted by atomic mass is 9.80. The van der Waals surface area contributed by atoms with E-state index in [1.54, 1.807) is 56.0 Å². The van der Waals surface area contributed by atoms with Crippen molar-refractivity contribution < 1.29 is 23.9 Å². The molecule has 3 N–H and O–H groups in total. The molecule has 2 aliphatic rings. The molecule has 2 amide bonds. The Balaban J connectivity index is 1.82. The fourth-order valence-electron chi connectivity index (χ4n) is 3.68. The highest BCUT2D eigenvalue weighted by molar-refractivity contribution is 6.10. The lowest BCUT2D eigenvalue weighted by Crippen LogP contribution is -2.54. The number of amides is 2. The van der Waals surface area contributed by atoms with Crippen LogP contribution >= 0.6 is 0 Å². The number of carbonyl (C=O) groups excluding carboxylic acids is 3. The number of allylic oxidation sites excluding steroid dienone is 1. The molecule has 1 aromatic carbocycles. The van der Waals surface area contributed by atoms with E-state index in [4.69, 9.17) is 15.2 Å². The van der Waals surface area contributed by atoms with Crippen LogP contribution in [0.3, 0.4) is 0 Å². The van der Waals surface area contributed by atoms with Gasteiger partial charge in [-0.1, -0.05) is 12.2 Å². The molecule has 1 aliphatic carbocycles. The van der Waals surface area contributed by atoms with Gasteiger partial charge in [0.05, 0.1) is 6.61 Å². The minimum absolute atomic E-state index is 0.0568. The van der Waals surface area contributed by atoms with E-state index in [1.807, 2.05) is 6.92 Å². The minimum Gasteiger partial charge on any atom is -0.459 e. The quantitative estimate of drug-likeness (QED) is 0.442. The molecule has 2 atom stereocenters. The number of ether oxygens (including phenoxy) is 2. The molecule has 8 heteroatoms. The highest BCUT2D eigenvalue weighted by atomic mass is 16.6. The summed E-state index contributed by atoms with van der Waals surface area (Å²) in [6.45, 7) is 8.13. The molecular weight excluding hydrogens is 386 g/mol. The number of nitrogens with zero attached hydrogens (tertiary/aromatic N) is 1. The van der Waals surface area contributed by atoms with Gasteiger partial charge in [-0.2, -0.15) is 0 Å². The van der Waals surface area contributed by atoms with E-state index in [0.29, 0.717) is 18.8 Å². The molecule has 2 unspecified atom stereocenters. The van der Waals surface area contributed by atoms with Crippen LogP contribution in [0.1, 0.15) is 32.8 Å². The predicted octanol–water partition coefficient (Wildman–Crippen LogP) is 1.91. The number of carbonyl (C=O) groups is 3. The zero-order chi connectivity index (χ0) is 22.1. The molecule has 1 heterocycles. The maximum Gasteiger partial charge on any atom is 0.324 e. The Hall–Kier alpha value is -2.71. The number of nitrogens with one attached hydrogen (secondary N) is 1. The fourth-order valence-corrected chi connectivity index (χ4v) is 3.68. The van der Waals surface area contributed by atoms with Crippen molar-refractivity contribution in [3.05, 3.63) is 35.9 Å². The van der Waals surface area contributed by atoms with Gasteiger partial charge in [0.25, 0.3) is 5.91 Å². The Morgan fingerprint density at radius 1 is 1.33 bits per heavy atom. The van der Waals surface area contributed by atoms with Crippen molar-refractivity contribution in [1.29, 1.82) is 0 Å². The third-order valence-electron chi connectivity index (χ3n) is 5.25. The fraction of sp³-hybridized carbons (Fsp3) is 0.500. The molecule has 3 rings (SSSR count). The number of nitrogens with two attached hydrogens (primary N) is 1. The molecule has 1 saturated heterocycles. The molecule has 1 aliphatic heterocycles. The van der Waals surface area contributed by atoms with Crippen molar-refractivity contribution in [3.8, 4) is 0 Å². The van der Waals surface area contributed by atoms with Gasteiger partial charge in [-0.05, 0) is 57.9 Å². The summed E-state index contributed by atoms with van der Waals surface area (Å²) in [6.07, 6.45) is 3.56. The number of esters is 1. The molecule has 1 fully saturated rings. The maximum absolute atomic E-state index is 13.2. The van der Waals surface area contributed by atoms with E-state index in [9.17, 15) is 14.4 Å². The summed E-state index contributed by atoms with van der Waals surface area (Å²) in [6, 6.07) is 4.48. The van der Waals surface area contributed by atoms with Gasteiger partial charge in [0.2, 0.25) is 5.91 Å². The van der Waals surface area contributed by atoms with Crippen LogP contribution in [0.15, 0.2) is 30.4 Å². The monoisotopic (exact) mass is 415 g/mol. The number of benzene rings is 1. The van der Waals surface area contributed by atoms with Gasteiger partial charge in [0, 0.05) is 24.0 Å². The van der Waals surface area contributed by atoms with Crippen LogP contribution in [0.25, 0.3) is 0 Å². The summed E-state index contributed by atoms with van der Waals surface area (Å²) in [5, 5.41) is 2.82. The molecule has 0 bridgehead atoms. The minimum atomic E-state index is -1.51. The molecule has 0 spiro atoms. The smallest absolute Gasteiger partial charge is 0.324 e. The van der Waals surface area contributed by atoms with E-state index in [0.717, 1.165) is 11.3 Å².